The van der Waals surface area contributed by atoms with Gasteiger partial charge in [-0.1, -0.05) is 15.9 Å². The van der Waals surface area contributed by atoms with Crippen LogP contribution in [0, 0.1) is 11.3 Å². The second kappa shape index (κ2) is 5.51. The summed E-state index contributed by atoms with van der Waals surface area (Å²) in [5.41, 5.74) is -0.169. The Morgan fingerprint density at radius 1 is 1.20 bits per heavy atom. The fourth-order valence-corrected chi connectivity index (χ4v) is 2.01. The molecule has 0 bridgehead atoms. The van der Waals surface area contributed by atoms with E-state index in [1.54, 1.807) is 0 Å². The van der Waals surface area contributed by atoms with Crippen molar-refractivity contribution in [3.63, 3.8) is 0 Å². The molecule has 1 aromatic carbocycles. The van der Waals surface area contributed by atoms with Crippen LogP contribution >= 0.6 is 15.9 Å². The third-order valence-electron chi connectivity index (χ3n) is 2.43. The molecule has 1 heterocycles. The number of rotatable bonds is 2. The zero-order valence-electron chi connectivity index (χ0n) is 9.87. The van der Waals surface area contributed by atoms with Crippen molar-refractivity contribution in [2.24, 2.45) is 0 Å². The number of halogens is 4. The van der Waals surface area contributed by atoms with Crippen LogP contribution < -0.4 is 5.32 Å². The van der Waals surface area contributed by atoms with Crippen LogP contribution in [-0.2, 0) is 6.18 Å². The lowest BCUT2D eigenvalue weighted by Gasteiger charge is -2.12. The van der Waals surface area contributed by atoms with Crippen LogP contribution in [0.4, 0.5) is 24.7 Å². The number of pyridine rings is 1. The summed E-state index contributed by atoms with van der Waals surface area (Å²) in [6, 6.07) is 8.66. The average molecular weight is 342 g/mol. The minimum atomic E-state index is -4.45. The molecule has 0 aliphatic heterocycles. The first-order chi connectivity index (χ1) is 9.40. The molecule has 0 aliphatic rings. The van der Waals surface area contributed by atoms with Crippen LogP contribution in [0.15, 0.2) is 41.0 Å². The molecular formula is C13H7BrF3N3. The number of alkyl halides is 3. The van der Waals surface area contributed by atoms with Crippen LogP contribution in [0.3, 0.4) is 0 Å². The van der Waals surface area contributed by atoms with Crippen LogP contribution in [0.1, 0.15) is 11.1 Å². The Kier molecular flexibility index (Phi) is 3.95. The number of anilines is 2. The van der Waals surface area contributed by atoms with E-state index in [1.165, 1.54) is 30.5 Å². The first-order valence-electron chi connectivity index (χ1n) is 5.40. The van der Waals surface area contributed by atoms with E-state index in [1.807, 2.05) is 6.07 Å². The van der Waals surface area contributed by atoms with Gasteiger partial charge in [-0.05, 0) is 30.3 Å². The van der Waals surface area contributed by atoms with Gasteiger partial charge in [-0.15, -0.1) is 0 Å². The van der Waals surface area contributed by atoms with Crippen molar-refractivity contribution >= 4 is 27.4 Å². The SMILES string of the molecule is N#Cc1ccnc(Nc2ccc(Br)c(C(F)(F)F)c2)c1. The third-order valence-corrected chi connectivity index (χ3v) is 3.12. The van der Waals surface area contributed by atoms with Crippen molar-refractivity contribution in [2.75, 3.05) is 5.32 Å². The standard InChI is InChI=1S/C13H7BrF3N3/c14-11-2-1-9(6-10(11)13(15,16)17)20-12-5-8(7-18)3-4-19-12/h1-6H,(H,19,20). The molecule has 0 fully saturated rings. The van der Waals surface area contributed by atoms with Gasteiger partial charge in [0.05, 0.1) is 17.2 Å². The summed E-state index contributed by atoms with van der Waals surface area (Å²) in [6.07, 6.45) is -3.04. The molecule has 102 valence electrons. The molecule has 2 aromatic rings. The molecule has 0 aliphatic carbocycles. The van der Waals surface area contributed by atoms with Crippen molar-refractivity contribution in [1.29, 1.82) is 5.26 Å². The van der Waals surface area contributed by atoms with Gasteiger partial charge in [-0.25, -0.2) is 4.98 Å². The van der Waals surface area contributed by atoms with Crippen molar-refractivity contribution in [1.82, 2.24) is 4.98 Å². The van der Waals surface area contributed by atoms with Gasteiger partial charge in [-0.3, -0.25) is 0 Å². The highest BCUT2D eigenvalue weighted by molar-refractivity contribution is 9.10. The summed E-state index contributed by atoms with van der Waals surface area (Å²) in [4.78, 5) is 3.94. The van der Waals surface area contributed by atoms with E-state index >= 15 is 0 Å². The Balaban J connectivity index is 2.33. The molecule has 0 atom stereocenters. The van der Waals surface area contributed by atoms with Crippen LogP contribution in [0.5, 0.6) is 0 Å². The second-order valence-corrected chi connectivity index (χ2v) is 4.71. The summed E-state index contributed by atoms with van der Waals surface area (Å²) in [5, 5.41) is 11.5. The van der Waals surface area contributed by atoms with Gasteiger partial charge < -0.3 is 5.32 Å². The maximum Gasteiger partial charge on any atom is 0.417 e. The number of benzene rings is 1. The summed E-state index contributed by atoms with van der Waals surface area (Å²) >= 11 is 2.87. The maximum absolute atomic E-state index is 12.8. The average Bonchev–Trinajstić information content (AvgIpc) is 2.40. The number of nitrogens with one attached hydrogen (secondary N) is 1. The molecule has 0 saturated heterocycles. The number of aromatic nitrogens is 1. The maximum atomic E-state index is 12.8. The Morgan fingerprint density at radius 2 is 1.95 bits per heavy atom. The lowest BCUT2D eigenvalue weighted by molar-refractivity contribution is -0.138. The zero-order valence-corrected chi connectivity index (χ0v) is 11.5. The van der Waals surface area contributed by atoms with E-state index in [0.717, 1.165) is 6.07 Å². The molecule has 1 aromatic heterocycles. The largest absolute Gasteiger partial charge is 0.417 e. The Bertz CT molecular complexity index is 677. The number of nitriles is 1. The Labute approximate surface area is 121 Å². The van der Waals surface area contributed by atoms with Crippen LogP contribution in [-0.4, -0.2) is 4.98 Å². The van der Waals surface area contributed by atoms with Gasteiger partial charge in [0.15, 0.2) is 0 Å². The zero-order chi connectivity index (χ0) is 14.8. The fraction of sp³-hybridized carbons (Fsp3) is 0.0769. The predicted octanol–water partition coefficient (Wildman–Crippen LogP) is 4.48. The van der Waals surface area contributed by atoms with E-state index < -0.39 is 11.7 Å². The van der Waals surface area contributed by atoms with Crippen LogP contribution in [0.2, 0.25) is 0 Å². The van der Waals surface area contributed by atoms with Crippen molar-refractivity contribution in [3.05, 3.63) is 52.1 Å². The van der Waals surface area contributed by atoms with Gasteiger partial charge in [-0.2, -0.15) is 18.4 Å². The van der Waals surface area contributed by atoms with E-state index in [9.17, 15) is 13.2 Å². The molecule has 7 heteroatoms. The first kappa shape index (κ1) is 14.3. The molecule has 0 spiro atoms. The highest BCUT2D eigenvalue weighted by Gasteiger charge is 2.33. The molecule has 2 rings (SSSR count). The minimum Gasteiger partial charge on any atom is -0.340 e. The molecule has 1 N–H and O–H groups in total. The summed E-state index contributed by atoms with van der Waals surface area (Å²) in [7, 11) is 0. The quantitative estimate of drug-likeness (QED) is 0.876. The highest BCUT2D eigenvalue weighted by atomic mass is 79.9. The molecular weight excluding hydrogens is 335 g/mol. The van der Waals surface area contributed by atoms with E-state index in [-0.39, 0.29) is 10.2 Å². The smallest absolute Gasteiger partial charge is 0.340 e. The first-order valence-corrected chi connectivity index (χ1v) is 6.19. The van der Waals surface area contributed by atoms with Gasteiger partial charge in [0.1, 0.15) is 5.82 Å². The number of hydrogen-bond acceptors (Lipinski definition) is 3. The molecule has 0 saturated carbocycles. The van der Waals surface area contributed by atoms with Gasteiger partial charge in [0.2, 0.25) is 0 Å². The lowest BCUT2D eigenvalue weighted by Crippen LogP contribution is -2.06. The number of hydrogen-bond donors (Lipinski definition) is 1. The minimum absolute atomic E-state index is 0.0331. The molecule has 0 radical (unpaired) electrons. The summed E-state index contributed by atoms with van der Waals surface area (Å²) in [5.74, 6) is 0.305. The van der Waals surface area contributed by atoms with Crippen molar-refractivity contribution in [3.8, 4) is 6.07 Å². The van der Waals surface area contributed by atoms with E-state index in [0.29, 0.717) is 11.4 Å². The predicted molar refractivity (Wildman–Crippen MR) is 71.4 cm³/mol. The normalized spacial score (nSPS) is 10.9. The third kappa shape index (κ3) is 3.27. The Hall–Kier alpha value is -2.07. The Morgan fingerprint density at radius 3 is 2.60 bits per heavy atom. The van der Waals surface area contributed by atoms with E-state index in [2.05, 4.69) is 26.2 Å². The topological polar surface area (TPSA) is 48.7 Å². The fourth-order valence-electron chi connectivity index (χ4n) is 1.54. The van der Waals surface area contributed by atoms with Gasteiger partial charge in [0, 0.05) is 16.4 Å². The second-order valence-electron chi connectivity index (χ2n) is 3.86. The summed E-state index contributed by atoms with van der Waals surface area (Å²) in [6.45, 7) is 0. The summed E-state index contributed by atoms with van der Waals surface area (Å²) < 4.78 is 38.3. The molecule has 3 nitrogen and oxygen atoms in total. The molecule has 20 heavy (non-hydrogen) atoms. The monoisotopic (exact) mass is 341 g/mol. The van der Waals surface area contributed by atoms with Gasteiger partial charge >= 0.3 is 6.18 Å². The molecule has 0 amide bonds. The lowest BCUT2D eigenvalue weighted by atomic mass is 10.2. The van der Waals surface area contributed by atoms with Crippen molar-refractivity contribution < 1.29 is 13.2 Å². The van der Waals surface area contributed by atoms with Crippen molar-refractivity contribution in [2.45, 2.75) is 6.18 Å². The molecule has 0 unspecified atom stereocenters. The van der Waals surface area contributed by atoms with Gasteiger partial charge in [0.25, 0.3) is 0 Å². The van der Waals surface area contributed by atoms with E-state index in [4.69, 9.17) is 5.26 Å². The van der Waals surface area contributed by atoms with Crippen LogP contribution in [0.25, 0.3) is 0 Å². The number of nitrogens with zero attached hydrogens (tertiary/aromatic N) is 2. The highest BCUT2D eigenvalue weighted by Crippen LogP contribution is 2.36.